The van der Waals surface area contributed by atoms with Crippen LogP contribution in [-0.4, -0.2) is 54.3 Å². The van der Waals surface area contributed by atoms with Crippen LogP contribution in [0.25, 0.3) is 10.4 Å². The molecule has 2 heterocycles. The molecule has 0 radical (unpaired) electrons. The molecule has 5 atom stereocenters. The van der Waals surface area contributed by atoms with Crippen molar-refractivity contribution in [2.24, 2.45) is 10.1 Å². The Balaban J connectivity index is 1.31. The van der Waals surface area contributed by atoms with Gasteiger partial charge in [-0.25, -0.2) is 4.79 Å². The summed E-state index contributed by atoms with van der Waals surface area (Å²) in [4.78, 5) is 21.4. The number of benzene rings is 2. The predicted molar refractivity (Wildman–Crippen MR) is 164 cm³/mol. The van der Waals surface area contributed by atoms with E-state index in [0.717, 1.165) is 69.8 Å². The second-order valence-electron chi connectivity index (χ2n) is 11.9. The smallest absolute Gasteiger partial charge is 0.391 e. The first-order valence-corrected chi connectivity index (χ1v) is 15.8. The van der Waals surface area contributed by atoms with Gasteiger partial charge in [0.05, 0.1) is 18.2 Å². The third-order valence-corrected chi connectivity index (χ3v) is 8.84. The van der Waals surface area contributed by atoms with E-state index in [1.54, 1.807) is 0 Å². The molecular weight excluding hydrogens is 558 g/mol. The van der Waals surface area contributed by atoms with Gasteiger partial charge in [0.2, 0.25) is 5.90 Å². The average molecular weight is 598 g/mol. The molecule has 6 rings (SSSR count). The van der Waals surface area contributed by atoms with E-state index in [9.17, 15) is 10.3 Å². The summed E-state index contributed by atoms with van der Waals surface area (Å²) in [5.41, 5.74) is 11.4. The lowest BCUT2D eigenvalue weighted by Gasteiger charge is -2.35. The molecule has 4 aliphatic rings. The first-order chi connectivity index (χ1) is 21.6. The van der Waals surface area contributed by atoms with Gasteiger partial charge in [0.1, 0.15) is 12.1 Å². The number of carbonyl (C=O) groups excluding carboxylic acids is 1. The largest absolute Gasteiger partial charge is 0.400 e. The Bertz CT molecular complexity index is 1410. The second kappa shape index (κ2) is 14.4. The van der Waals surface area contributed by atoms with Crippen molar-refractivity contribution in [2.75, 3.05) is 0 Å². The summed E-state index contributed by atoms with van der Waals surface area (Å²) in [5, 5.41) is 7.69. The molecule has 2 aliphatic carbocycles. The van der Waals surface area contributed by atoms with Crippen molar-refractivity contribution in [3.8, 4) is 11.8 Å². The van der Waals surface area contributed by atoms with Gasteiger partial charge < -0.3 is 18.9 Å². The fourth-order valence-electron chi connectivity index (χ4n) is 6.65. The lowest BCUT2D eigenvalue weighted by atomic mass is 9.94. The van der Waals surface area contributed by atoms with Crippen LogP contribution in [0.2, 0.25) is 0 Å². The molecule has 44 heavy (non-hydrogen) atoms. The maximum Gasteiger partial charge on any atom is 0.391 e. The van der Waals surface area contributed by atoms with E-state index in [1.807, 2.05) is 60.7 Å². The molecular formula is C34H39N5O5. The number of fused-ring (bicyclic) bond motifs is 1. The van der Waals surface area contributed by atoms with Gasteiger partial charge in [0, 0.05) is 35.8 Å². The molecule has 2 saturated carbocycles. The van der Waals surface area contributed by atoms with Gasteiger partial charge in [-0.2, -0.15) is 0 Å². The highest BCUT2D eigenvalue weighted by Crippen LogP contribution is 2.46. The Morgan fingerprint density at radius 1 is 1.00 bits per heavy atom. The van der Waals surface area contributed by atoms with Gasteiger partial charge in [0.15, 0.2) is 12.1 Å². The zero-order valence-corrected chi connectivity index (χ0v) is 24.8. The van der Waals surface area contributed by atoms with Crippen LogP contribution < -0.4 is 5.32 Å². The number of azide groups is 1. The fourth-order valence-corrected chi connectivity index (χ4v) is 6.65. The molecule has 10 heteroatoms. The van der Waals surface area contributed by atoms with Crippen molar-refractivity contribution >= 4 is 11.9 Å². The number of rotatable bonds is 7. The summed E-state index contributed by atoms with van der Waals surface area (Å²) in [7, 11) is 0. The Morgan fingerprint density at radius 2 is 1.70 bits per heavy atom. The van der Waals surface area contributed by atoms with E-state index < -0.39 is 42.3 Å². The number of aliphatic imine (C=N–C) groups is 1. The van der Waals surface area contributed by atoms with Crippen molar-refractivity contribution < 1.29 is 23.7 Å². The molecule has 2 aromatic carbocycles. The van der Waals surface area contributed by atoms with Crippen molar-refractivity contribution in [1.29, 1.82) is 0 Å². The number of esters is 1. The van der Waals surface area contributed by atoms with Gasteiger partial charge >= 0.3 is 5.97 Å². The molecule has 10 nitrogen and oxygen atoms in total. The number of hydrogen-bond donors (Lipinski definition) is 1. The standard InChI is InChI=1S/C34H39N5O5/c35-39-38-28-30(42-33-31(28)43-34(44-33)21-11-4-12-22-34)29(36-23-25-15-7-2-8-16-25)32(37-26-17-9-3-10-18-26)41-27(40)20-19-24-13-5-1-6-14-24/h1-2,5-8,13-16,26,28-31,33,36H,3-4,9-12,17-18,21-23H2/t28-,29+,30-,31+,33+/m0/s1. The lowest BCUT2D eigenvalue weighted by molar-refractivity contribution is -0.239. The van der Waals surface area contributed by atoms with Crippen molar-refractivity contribution in [3.63, 3.8) is 0 Å². The molecule has 2 aromatic rings. The van der Waals surface area contributed by atoms with Crippen molar-refractivity contribution in [3.05, 3.63) is 82.2 Å². The summed E-state index contributed by atoms with van der Waals surface area (Å²) >= 11 is 0. The summed E-state index contributed by atoms with van der Waals surface area (Å²) in [6.07, 6.45) is 7.71. The Hall–Kier alpha value is -3.71. The van der Waals surface area contributed by atoms with Crippen molar-refractivity contribution in [1.82, 2.24) is 5.32 Å². The summed E-state index contributed by atoms with van der Waals surface area (Å²) in [6.45, 7) is 0.437. The monoisotopic (exact) mass is 597 g/mol. The van der Waals surface area contributed by atoms with E-state index in [1.165, 1.54) is 0 Å². The van der Waals surface area contributed by atoms with E-state index in [-0.39, 0.29) is 11.9 Å². The second-order valence-corrected chi connectivity index (χ2v) is 11.9. The van der Waals surface area contributed by atoms with Crippen LogP contribution in [0.1, 0.15) is 75.3 Å². The molecule has 1 spiro atoms. The number of nitrogens with one attached hydrogen (secondary N) is 1. The highest BCUT2D eigenvalue weighted by atomic mass is 16.8. The zero-order chi connectivity index (χ0) is 30.2. The molecule has 1 N–H and O–H groups in total. The van der Waals surface area contributed by atoms with E-state index in [2.05, 4.69) is 27.2 Å². The van der Waals surface area contributed by atoms with Crippen molar-refractivity contribution in [2.45, 2.75) is 113 Å². The predicted octanol–water partition coefficient (Wildman–Crippen LogP) is 5.95. The van der Waals surface area contributed by atoms with Crippen LogP contribution in [0.15, 0.2) is 70.8 Å². The quantitative estimate of drug-likeness (QED) is 0.0799. The minimum atomic E-state index is -0.761. The number of nitrogens with zero attached hydrogens (tertiary/aromatic N) is 4. The zero-order valence-electron chi connectivity index (χ0n) is 24.8. The molecule has 230 valence electrons. The van der Waals surface area contributed by atoms with Crippen LogP contribution in [0.4, 0.5) is 0 Å². The molecule has 0 unspecified atom stereocenters. The molecule has 0 aromatic heterocycles. The first kappa shape index (κ1) is 30.3. The third-order valence-electron chi connectivity index (χ3n) is 8.84. The van der Waals surface area contributed by atoms with Gasteiger partial charge in [-0.1, -0.05) is 85.2 Å². The number of hydrogen-bond acceptors (Lipinski definition) is 8. The van der Waals surface area contributed by atoms with Gasteiger partial charge in [-0.15, -0.1) is 0 Å². The number of carbonyl (C=O) groups is 1. The van der Waals surface area contributed by atoms with Crippen LogP contribution in [0.3, 0.4) is 0 Å². The molecule has 0 amide bonds. The lowest BCUT2D eigenvalue weighted by Crippen LogP contribution is -2.53. The summed E-state index contributed by atoms with van der Waals surface area (Å²) in [5.74, 6) is 4.23. The van der Waals surface area contributed by atoms with Crippen LogP contribution in [0, 0.1) is 11.8 Å². The Kier molecular flexibility index (Phi) is 9.91. The molecule has 0 bridgehead atoms. The Labute approximate surface area is 258 Å². The SMILES string of the molecule is [N-]=[N+]=N[C@@H]1[C@H]2OC3(CCCCC3)O[C@H]2O[C@@H]1[C@@H](NCc1ccccc1)C(=NC1CCCCC1)OC(=O)C#Cc1ccccc1. The molecule has 4 fully saturated rings. The maximum atomic E-state index is 13.2. The normalized spacial score (nSPS) is 27.0. The molecule has 2 saturated heterocycles. The average Bonchev–Trinajstić information content (AvgIpc) is 3.56. The van der Waals surface area contributed by atoms with E-state index >= 15 is 0 Å². The summed E-state index contributed by atoms with van der Waals surface area (Å²) < 4.78 is 25.4. The van der Waals surface area contributed by atoms with Crippen LogP contribution in [-0.2, 0) is 30.3 Å². The maximum absolute atomic E-state index is 13.2. The third kappa shape index (κ3) is 7.32. The van der Waals surface area contributed by atoms with Crippen LogP contribution in [0.5, 0.6) is 0 Å². The highest BCUT2D eigenvalue weighted by molar-refractivity contribution is 6.00. The fraction of sp³-hybridized carbons (Fsp3) is 0.529. The van der Waals surface area contributed by atoms with Crippen LogP contribution >= 0.6 is 0 Å². The number of ether oxygens (including phenoxy) is 4. The topological polar surface area (TPSA) is 127 Å². The van der Waals surface area contributed by atoms with E-state index in [4.69, 9.17) is 23.9 Å². The highest BCUT2D eigenvalue weighted by Gasteiger charge is 2.59. The van der Waals surface area contributed by atoms with Gasteiger partial charge in [0.25, 0.3) is 0 Å². The van der Waals surface area contributed by atoms with E-state index in [0.29, 0.717) is 12.1 Å². The first-order valence-electron chi connectivity index (χ1n) is 15.8. The molecule has 2 aliphatic heterocycles. The minimum Gasteiger partial charge on any atom is -0.400 e. The minimum absolute atomic E-state index is 0.00788. The van der Waals surface area contributed by atoms with Gasteiger partial charge in [-0.05, 0) is 48.9 Å². The Morgan fingerprint density at radius 3 is 2.43 bits per heavy atom. The summed E-state index contributed by atoms with van der Waals surface area (Å²) in [6, 6.07) is 17.7. The van der Waals surface area contributed by atoms with Gasteiger partial charge in [-0.3, -0.25) is 10.3 Å².